The van der Waals surface area contributed by atoms with Crippen molar-refractivity contribution in [1.29, 1.82) is 0 Å². The van der Waals surface area contributed by atoms with Crippen molar-refractivity contribution >= 4 is 29.3 Å². The minimum absolute atomic E-state index is 0.0798. The second-order valence-electron chi connectivity index (χ2n) is 2.89. The van der Waals surface area contributed by atoms with E-state index in [4.69, 9.17) is 5.11 Å². The molecular formula is C8H11N3O3S. The Hall–Kier alpha value is -1.50. The number of nitrogens with one attached hydrogen (secondary N) is 1. The molecule has 15 heavy (non-hydrogen) atoms. The summed E-state index contributed by atoms with van der Waals surface area (Å²) in [7, 11) is 1.70. The van der Waals surface area contributed by atoms with Gasteiger partial charge in [0.25, 0.3) is 0 Å². The molecule has 0 aliphatic carbocycles. The molecule has 1 rings (SSSR count). The number of hydrogen-bond acceptors (Lipinski definition) is 4. The van der Waals surface area contributed by atoms with Gasteiger partial charge < -0.3 is 10.4 Å². The van der Waals surface area contributed by atoms with E-state index in [2.05, 4.69) is 10.4 Å². The van der Waals surface area contributed by atoms with Crippen LogP contribution in [0.3, 0.4) is 0 Å². The molecular weight excluding hydrogens is 218 g/mol. The van der Waals surface area contributed by atoms with Crippen molar-refractivity contribution in [2.45, 2.75) is 11.9 Å². The molecule has 0 aliphatic heterocycles. The van der Waals surface area contributed by atoms with Crippen LogP contribution in [-0.2, 0) is 16.6 Å². The zero-order chi connectivity index (χ0) is 11.4. The molecule has 1 aromatic heterocycles. The molecule has 6 nitrogen and oxygen atoms in total. The van der Waals surface area contributed by atoms with Gasteiger partial charge in [-0.05, 0) is 0 Å². The number of aromatic nitrogens is 2. The smallest absolute Gasteiger partial charge is 0.313 e. The lowest BCUT2D eigenvalue weighted by Gasteiger charge is -1.99. The Bertz CT molecular complexity index is 388. The minimum atomic E-state index is -0.917. The molecule has 0 radical (unpaired) electrons. The number of carboxylic acid groups (broad SMARTS) is 1. The molecule has 0 aromatic carbocycles. The van der Waals surface area contributed by atoms with E-state index in [1.54, 1.807) is 13.2 Å². The van der Waals surface area contributed by atoms with Gasteiger partial charge in [-0.2, -0.15) is 5.10 Å². The molecule has 7 heteroatoms. The zero-order valence-corrected chi connectivity index (χ0v) is 9.17. The Balaban J connectivity index is 2.76. The van der Waals surface area contributed by atoms with Crippen molar-refractivity contribution in [3.05, 3.63) is 6.20 Å². The molecule has 82 valence electrons. The fourth-order valence-corrected chi connectivity index (χ4v) is 1.69. The maximum Gasteiger partial charge on any atom is 0.313 e. The number of anilines is 1. The molecule has 0 fully saturated rings. The second-order valence-corrected chi connectivity index (χ2v) is 3.85. The summed E-state index contributed by atoms with van der Waals surface area (Å²) in [6, 6.07) is 0. The molecule has 1 amide bonds. The number of carbonyl (C=O) groups excluding carboxylic acids is 1. The fraction of sp³-hybridized carbons (Fsp3) is 0.375. The fourth-order valence-electron chi connectivity index (χ4n) is 0.980. The average molecular weight is 229 g/mol. The van der Waals surface area contributed by atoms with Crippen LogP contribution in [0.25, 0.3) is 0 Å². The number of carbonyl (C=O) groups is 2. The van der Waals surface area contributed by atoms with Gasteiger partial charge in [-0.25, -0.2) is 0 Å². The van der Waals surface area contributed by atoms with Crippen LogP contribution in [0.4, 0.5) is 5.69 Å². The first-order chi connectivity index (χ1) is 6.99. The van der Waals surface area contributed by atoms with Crippen molar-refractivity contribution in [2.75, 3.05) is 11.1 Å². The highest BCUT2D eigenvalue weighted by atomic mass is 32.2. The first-order valence-corrected chi connectivity index (χ1v) is 5.13. The molecule has 0 aliphatic rings. The molecule has 2 N–H and O–H groups in total. The van der Waals surface area contributed by atoms with Crippen molar-refractivity contribution in [1.82, 2.24) is 9.78 Å². The Kier molecular flexibility index (Phi) is 3.73. The summed E-state index contributed by atoms with van der Waals surface area (Å²) < 4.78 is 1.52. The van der Waals surface area contributed by atoms with Crippen molar-refractivity contribution in [3.8, 4) is 0 Å². The van der Waals surface area contributed by atoms with Gasteiger partial charge in [-0.3, -0.25) is 14.3 Å². The maximum absolute atomic E-state index is 10.8. The molecule has 0 saturated heterocycles. The van der Waals surface area contributed by atoms with Gasteiger partial charge >= 0.3 is 5.97 Å². The molecule has 0 spiro atoms. The number of aryl methyl sites for hydroxylation is 1. The predicted octanol–water partition coefficient (Wildman–Crippen LogP) is 0.555. The topological polar surface area (TPSA) is 84.2 Å². The van der Waals surface area contributed by atoms with E-state index in [9.17, 15) is 9.59 Å². The van der Waals surface area contributed by atoms with E-state index in [0.29, 0.717) is 10.7 Å². The van der Waals surface area contributed by atoms with E-state index in [-0.39, 0.29) is 11.7 Å². The number of aliphatic carboxylic acids is 1. The van der Waals surface area contributed by atoms with Crippen molar-refractivity contribution < 1.29 is 14.7 Å². The highest BCUT2D eigenvalue weighted by molar-refractivity contribution is 8.00. The number of thioether (sulfide) groups is 1. The Morgan fingerprint density at radius 3 is 2.87 bits per heavy atom. The van der Waals surface area contributed by atoms with E-state index >= 15 is 0 Å². The zero-order valence-electron chi connectivity index (χ0n) is 8.35. The largest absolute Gasteiger partial charge is 0.481 e. The van der Waals surface area contributed by atoms with Crippen LogP contribution < -0.4 is 5.32 Å². The molecule has 0 bridgehead atoms. The summed E-state index contributed by atoms with van der Waals surface area (Å²) in [5.41, 5.74) is 0.538. The highest BCUT2D eigenvalue weighted by Gasteiger charge is 2.10. The van der Waals surface area contributed by atoms with Gasteiger partial charge in [0.1, 0.15) is 5.03 Å². The lowest BCUT2D eigenvalue weighted by atomic mass is 10.5. The van der Waals surface area contributed by atoms with E-state index in [1.807, 2.05) is 0 Å². The van der Waals surface area contributed by atoms with Crippen LogP contribution in [0, 0.1) is 0 Å². The summed E-state index contributed by atoms with van der Waals surface area (Å²) in [5.74, 6) is -1.21. The summed E-state index contributed by atoms with van der Waals surface area (Å²) in [5, 5.41) is 15.6. The standard InChI is InChI=1S/C8H11N3O3S/c1-5(12)9-6-3-11(2)10-8(6)15-4-7(13)14/h3H,4H2,1-2H3,(H,9,12)(H,13,14). The first kappa shape index (κ1) is 11.6. The first-order valence-electron chi connectivity index (χ1n) is 4.15. The van der Waals surface area contributed by atoms with E-state index in [1.165, 1.54) is 11.6 Å². The minimum Gasteiger partial charge on any atom is -0.481 e. The number of nitrogens with zero attached hydrogens (tertiary/aromatic N) is 2. The summed E-state index contributed by atoms with van der Waals surface area (Å²) in [6.07, 6.45) is 1.63. The molecule has 0 saturated carbocycles. The van der Waals surface area contributed by atoms with Crippen LogP contribution in [0.15, 0.2) is 11.2 Å². The second kappa shape index (κ2) is 4.83. The van der Waals surface area contributed by atoms with Crippen molar-refractivity contribution in [3.63, 3.8) is 0 Å². The molecule has 1 aromatic rings. The number of amides is 1. The average Bonchev–Trinajstić information content (AvgIpc) is 2.41. The SMILES string of the molecule is CC(=O)Nc1cn(C)nc1SCC(=O)O. The lowest BCUT2D eigenvalue weighted by molar-refractivity contribution is -0.133. The van der Waals surface area contributed by atoms with Gasteiger partial charge in [-0.1, -0.05) is 11.8 Å². The van der Waals surface area contributed by atoms with Crippen molar-refractivity contribution in [2.24, 2.45) is 7.05 Å². The maximum atomic E-state index is 10.8. The third-order valence-electron chi connectivity index (χ3n) is 1.44. The number of rotatable bonds is 4. The third-order valence-corrected chi connectivity index (χ3v) is 2.40. The summed E-state index contributed by atoms with van der Waals surface area (Å²) in [6.45, 7) is 1.39. The van der Waals surface area contributed by atoms with Gasteiger partial charge in [0.2, 0.25) is 5.91 Å². The van der Waals surface area contributed by atoms with Gasteiger partial charge in [0.05, 0.1) is 11.4 Å². The summed E-state index contributed by atoms with van der Waals surface area (Å²) in [4.78, 5) is 21.2. The third kappa shape index (κ3) is 3.62. The van der Waals surface area contributed by atoms with Crippen LogP contribution in [0.1, 0.15) is 6.92 Å². The molecule has 1 heterocycles. The monoisotopic (exact) mass is 229 g/mol. The Labute approximate surface area is 90.7 Å². The lowest BCUT2D eigenvalue weighted by Crippen LogP contribution is -2.06. The van der Waals surface area contributed by atoms with Crippen LogP contribution >= 0.6 is 11.8 Å². The highest BCUT2D eigenvalue weighted by Crippen LogP contribution is 2.24. The van der Waals surface area contributed by atoms with Gasteiger partial charge in [0, 0.05) is 20.2 Å². The number of carboxylic acids is 1. The van der Waals surface area contributed by atoms with E-state index < -0.39 is 5.97 Å². The van der Waals surface area contributed by atoms with Crippen LogP contribution in [0.5, 0.6) is 0 Å². The summed E-state index contributed by atoms with van der Waals surface area (Å²) >= 11 is 1.07. The van der Waals surface area contributed by atoms with Gasteiger partial charge in [-0.15, -0.1) is 0 Å². The quantitative estimate of drug-likeness (QED) is 0.737. The van der Waals surface area contributed by atoms with Gasteiger partial charge in [0.15, 0.2) is 0 Å². The van der Waals surface area contributed by atoms with E-state index in [0.717, 1.165) is 11.8 Å². The number of hydrogen-bond donors (Lipinski definition) is 2. The molecule has 0 atom stereocenters. The normalized spacial score (nSPS) is 10.0. The van der Waals surface area contributed by atoms with Crippen LogP contribution in [0.2, 0.25) is 0 Å². The molecule has 0 unspecified atom stereocenters. The Morgan fingerprint density at radius 1 is 1.67 bits per heavy atom. The predicted molar refractivity (Wildman–Crippen MR) is 55.9 cm³/mol. The van der Waals surface area contributed by atoms with Crippen LogP contribution in [-0.4, -0.2) is 32.5 Å². The Morgan fingerprint density at radius 2 is 2.33 bits per heavy atom.